The summed E-state index contributed by atoms with van der Waals surface area (Å²) < 4.78 is 0. The number of rotatable bonds is 1. The van der Waals surface area contributed by atoms with Gasteiger partial charge >= 0.3 is 0 Å². The Bertz CT molecular complexity index is 616. The Morgan fingerprint density at radius 1 is 1.05 bits per heavy atom. The third-order valence-electron chi connectivity index (χ3n) is 3.61. The van der Waals surface area contributed by atoms with Gasteiger partial charge in [0.2, 0.25) is 0 Å². The predicted octanol–water partition coefficient (Wildman–Crippen LogP) is -2.92. The minimum atomic E-state index is -1.40. The third kappa shape index (κ3) is 2.21. The predicted molar refractivity (Wildman–Crippen MR) is 86.9 cm³/mol. The standard InChI is InChI=1S/C12H7B5ClNO/c13-4-1-2-12(19,5(20)3-4)6-7(14)8(15)9(16)10(17)11(6)18/h3H,1-2,19H2. The Kier molecular flexibility index (Phi) is 4.05. The molecule has 1 atom stereocenters. The zero-order valence-electron chi connectivity index (χ0n) is 10.7. The molecule has 88 valence electrons. The van der Waals surface area contributed by atoms with E-state index in [0.717, 1.165) is 0 Å². The van der Waals surface area contributed by atoms with E-state index < -0.39 is 11.3 Å². The molecule has 0 spiro atoms. The number of carbonyl (C=O) groups excluding carboxylic acids is 1. The van der Waals surface area contributed by atoms with Gasteiger partial charge in [-0.15, -0.1) is 16.4 Å². The summed E-state index contributed by atoms with van der Waals surface area (Å²) >= 11 is 6.18. The molecule has 1 aromatic rings. The molecule has 1 aliphatic carbocycles. The van der Waals surface area contributed by atoms with E-state index in [4.69, 9.17) is 56.6 Å². The minimum Gasteiger partial charge on any atom is -0.315 e. The van der Waals surface area contributed by atoms with Gasteiger partial charge in [-0.25, -0.2) is 0 Å². The van der Waals surface area contributed by atoms with E-state index in [-0.39, 0.29) is 38.9 Å². The van der Waals surface area contributed by atoms with Crippen molar-refractivity contribution >= 4 is 78.5 Å². The van der Waals surface area contributed by atoms with Gasteiger partial charge in [-0.05, 0) is 24.5 Å². The molecule has 1 unspecified atom stereocenters. The molecule has 0 bridgehead atoms. The molecule has 2 nitrogen and oxygen atoms in total. The summed E-state index contributed by atoms with van der Waals surface area (Å²) in [6.45, 7) is 0. The molecule has 2 N–H and O–H groups in total. The van der Waals surface area contributed by atoms with Crippen molar-refractivity contribution in [1.82, 2.24) is 0 Å². The second-order valence-corrected chi connectivity index (χ2v) is 5.28. The minimum absolute atomic E-state index is 0.0546. The first-order chi connectivity index (χ1) is 9.20. The van der Waals surface area contributed by atoms with Gasteiger partial charge in [0.1, 0.15) is 44.8 Å². The van der Waals surface area contributed by atoms with Gasteiger partial charge in [0.15, 0.2) is 5.78 Å². The molecule has 0 fully saturated rings. The number of hydrogen-bond acceptors (Lipinski definition) is 2. The molecule has 8 heteroatoms. The third-order valence-corrected chi connectivity index (χ3v) is 4.00. The van der Waals surface area contributed by atoms with Crippen molar-refractivity contribution in [3.63, 3.8) is 0 Å². The van der Waals surface area contributed by atoms with Crippen LogP contribution < -0.4 is 27.6 Å². The first-order valence-corrected chi connectivity index (χ1v) is 6.29. The Morgan fingerprint density at radius 2 is 1.60 bits per heavy atom. The van der Waals surface area contributed by atoms with Crippen LogP contribution in [0.5, 0.6) is 0 Å². The molecular weight excluding hydrogens is 264 g/mol. The summed E-state index contributed by atoms with van der Waals surface area (Å²) in [6, 6.07) is 0. The van der Waals surface area contributed by atoms with Crippen LogP contribution in [0.15, 0.2) is 11.5 Å². The summed E-state index contributed by atoms with van der Waals surface area (Å²) in [4.78, 5) is 12.2. The molecule has 1 aliphatic rings. The zero-order valence-corrected chi connectivity index (χ0v) is 11.5. The van der Waals surface area contributed by atoms with Crippen molar-refractivity contribution in [2.45, 2.75) is 18.4 Å². The SMILES string of the molecule is [B]C1=CC(=O)C(N)(c2c([B])c([B])c([B])c([B])c2Cl)CC1. The quantitative estimate of drug-likeness (QED) is 0.556. The Morgan fingerprint density at radius 3 is 2.15 bits per heavy atom. The fourth-order valence-corrected chi connectivity index (χ4v) is 2.69. The number of allylic oxidation sites excluding steroid dienone is 1. The maximum atomic E-state index is 12.2. The van der Waals surface area contributed by atoms with Gasteiger partial charge in [0, 0.05) is 5.02 Å². The average molecular weight is 271 g/mol. The molecule has 1 aromatic carbocycles. The molecule has 0 aromatic heterocycles. The van der Waals surface area contributed by atoms with Crippen LogP contribution in [0.2, 0.25) is 5.02 Å². The summed E-state index contributed by atoms with van der Waals surface area (Å²) in [5, 5.41) is 0.0546. The van der Waals surface area contributed by atoms with Gasteiger partial charge < -0.3 is 5.73 Å². The van der Waals surface area contributed by atoms with E-state index in [1.54, 1.807) is 0 Å². The number of nitrogens with two attached hydrogens (primary N) is 1. The maximum Gasteiger partial charge on any atom is 0.179 e. The fraction of sp³-hybridized carbons (Fsp3) is 0.250. The van der Waals surface area contributed by atoms with Crippen LogP contribution in [0.4, 0.5) is 0 Å². The highest BCUT2D eigenvalue weighted by molar-refractivity contribution is 6.65. The lowest BCUT2D eigenvalue weighted by Gasteiger charge is -2.35. The summed E-state index contributed by atoms with van der Waals surface area (Å²) in [5.74, 6) is -0.390. The lowest BCUT2D eigenvalue weighted by Crippen LogP contribution is -2.57. The highest BCUT2D eigenvalue weighted by Gasteiger charge is 2.39. The monoisotopic (exact) mass is 271 g/mol. The normalized spacial score (nSPS) is 22.7. The average Bonchev–Trinajstić information content (AvgIpc) is 2.39. The van der Waals surface area contributed by atoms with Crippen molar-refractivity contribution in [3.8, 4) is 0 Å². The van der Waals surface area contributed by atoms with Crippen LogP contribution in [-0.2, 0) is 10.3 Å². The van der Waals surface area contributed by atoms with Crippen LogP contribution in [0.1, 0.15) is 18.4 Å². The van der Waals surface area contributed by atoms with Gasteiger partial charge in [-0.3, -0.25) is 4.79 Å². The molecule has 2 rings (SSSR count). The number of hydrogen-bond donors (Lipinski definition) is 1. The number of halogens is 1. The van der Waals surface area contributed by atoms with E-state index >= 15 is 0 Å². The topological polar surface area (TPSA) is 43.1 Å². The molecule has 0 heterocycles. The van der Waals surface area contributed by atoms with Crippen molar-refractivity contribution in [3.05, 3.63) is 22.1 Å². The van der Waals surface area contributed by atoms with Crippen LogP contribution in [0, 0.1) is 0 Å². The Labute approximate surface area is 129 Å². The van der Waals surface area contributed by atoms with Crippen LogP contribution >= 0.6 is 11.6 Å². The second-order valence-electron chi connectivity index (χ2n) is 4.90. The largest absolute Gasteiger partial charge is 0.315 e. The van der Waals surface area contributed by atoms with E-state index in [1.165, 1.54) is 6.08 Å². The Hall–Kier alpha value is -0.795. The van der Waals surface area contributed by atoms with Crippen LogP contribution in [-0.4, -0.2) is 45.0 Å². The van der Waals surface area contributed by atoms with Gasteiger partial charge in [0.25, 0.3) is 0 Å². The van der Waals surface area contributed by atoms with Crippen molar-refractivity contribution in [2.75, 3.05) is 0 Å². The van der Waals surface area contributed by atoms with E-state index in [1.807, 2.05) is 0 Å². The fourth-order valence-electron chi connectivity index (χ4n) is 2.31. The Balaban J connectivity index is 2.74. The molecular formula is C12H7B5ClNO. The highest BCUT2D eigenvalue weighted by Crippen LogP contribution is 2.32. The molecule has 0 saturated carbocycles. The van der Waals surface area contributed by atoms with Crippen molar-refractivity contribution < 1.29 is 4.79 Å². The van der Waals surface area contributed by atoms with Gasteiger partial charge in [0.05, 0.1) is 0 Å². The van der Waals surface area contributed by atoms with E-state index in [9.17, 15) is 4.79 Å². The zero-order chi connectivity index (χ0) is 15.2. The van der Waals surface area contributed by atoms with E-state index in [0.29, 0.717) is 11.9 Å². The van der Waals surface area contributed by atoms with Crippen LogP contribution in [0.25, 0.3) is 0 Å². The van der Waals surface area contributed by atoms with E-state index in [2.05, 4.69) is 0 Å². The molecule has 0 amide bonds. The first kappa shape index (κ1) is 15.6. The molecule has 20 heavy (non-hydrogen) atoms. The maximum absolute atomic E-state index is 12.2. The lowest BCUT2D eigenvalue weighted by molar-refractivity contribution is -0.120. The smallest absolute Gasteiger partial charge is 0.179 e. The first-order valence-electron chi connectivity index (χ1n) is 5.91. The molecule has 10 radical (unpaired) electrons. The van der Waals surface area contributed by atoms with Crippen molar-refractivity contribution in [1.29, 1.82) is 0 Å². The molecule has 0 aliphatic heterocycles. The highest BCUT2D eigenvalue weighted by atomic mass is 35.5. The van der Waals surface area contributed by atoms with Crippen molar-refractivity contribution in [2.24, 2.45) is 5.73 Å². The second kappa shape index (κ2) is 5.20. The summed E-state index contributed by atoms with van der Waals surface area (Å²) in [7, 11) is 28.9. The van der Waals surface area contributed by atoms with Crippen LogP contribution in [0.3, 0.4) is 0 Å². The summed E-state index contributed by atoms with van der Waals surface area (Å²) in [6.07, 6.45) is 1.99. The number of carbonyl (C=O) groups is 1. The number of ketones is 1. The number of benzene rings is 1. The summed E-state index contributed by atoms with van der Waals surface area (Å²) in [5.41, 5.74) is 5.76. The lowest BCUT2D eigenvalue weighted by atomic mass is 9.61. The van der Waals surface area contributed by atoms with Gasteiger partial charge in [-0.1, -0.05) is 22.5 Å². The molecule has 0 saturated heterocycles. The van der Waals surface area contributed by atoms with Gasteiger partial charge in [-0.2, -0.15) is 0 Å².